The molecule has 0 N–H and O–H groups in total. The summed E-state index contributed by atoms with van der Waals surface area (Å²) in [4.78, 5) is 0. The number of benzene rings is 1. The monoisotopic (exact) mass is 190 g/mol. The van der Waals surface area contributed by atoms with Crippen LogP contribution in [0.5, 0.6) is 0 Å². The fourth-order valence-corrected chi connectivity index (χ4v) is 1.30. The molecule has 0 aromatic heterocycles. The summed E-state index contributed by atoms with van der Waals surface area (Å²) < 4.78 is 5.59. The van der Waals surface area contributed by atoms with Gasteiger partial charge in [0.25, 0.3) is 0 Å². The van der Waals surface area contributed by atoms with Gasteiger partial charge >= 0.3 is 0 Å². The van der Waals surface area contributed by atoms with Crippen molar-refractivity contribution in [3.63, 3.8) is 0 Å². The van der Waals surface area contributed by atoms with E-state index in [-0.39, 0.29) is 0 Å². The highest BCUT2D eigenvalue weighted by Gasteiger charge is 1.99. The Morgan fingerprint density at radius 3 is 2.71 bits per heavy atom. The lowest BCUT2D eigenvalue weighted by Gasteiger charge is -2.09. The van der Waals surface area contributed by atoms with Crippen molar-refractivity contribution in [3.05, 3.63) is 48.6 Å². The van der Waals surface area contributed by atoms with E-state index in [2.05, 4.69) is 25.6 Å². The molecule has 1 aromatic rings. The van der Waals surface area contributed by atoms with Crippen LogP contribution >= 0.6 is 0 Å². The summed E-state index contributed by atoms with van der Waals surface area (Å²) in [5.74, 6) is 0.566. The summed E-state index contributed by atoms with van der Waals surface area (Å²) in [5, 5.41) is 0. The molecule has 0 heterocycles. The number of hydrogen-bond acceptors (Lipinski definition) is 1. The van der Waals surface area contributed by atoms with Crippen LogP contribution in [0.2, 0.25) is 0 Å². The second-order valence-corrected chi connectivity index (χ2v) is 3.63. The molecule has 1 rings (SSSR count). The molecule has 0 spiro atoms. The zero-order valence-corrected chi connectivity index (χ0v) is 8.78. The molecule has 0 aliphatic carbocycles. The van der Waals surface area contributed by atoms with Crippen LogP contribution in [0.25, 0.3) is 0 Å². The summed E-state index contributed by atoms with van der Waals surface area (Å²) in [5.41, 5.74) is 1.23. The molecular weight excluding hydrogens is 172 g/mol. The smallest absolute Gasteiger partial charge is 0.0717 e. The number of ether oxygens (including phenoxy) is 1. The first kappa shape index (κ1) is 11.0. The van der Waals surface area contributed by atoms with Crippen LogP contribution < -0.4 is 0 Å². The summed E-state index contributed by atoms with van der Waals surface area (Å²) >= 11 is 0. The Morgan fingerprint density at radius 1 is 1.36 bits per heavy atom. The van der Waals surface area contributed by atoms with Crippen molar-refractivity contribution in [2.24, 2.45) is 5.92 Å². The van der Waals surface area contributed by atoms with Crippen molar-refractivity contribution in [1.29, 1.82) is 0 Å². The minimum Gasteiger partial charge on any atom is -0.376 e. The topological polar surface area (TPSA) is 9.23 Å². The van der Waals surface area contributed by atoms with Gasteiger partial charge in [0.05, 0.1) is 6.61 Å². The summed E-state index contributed by atoms with van der Waals surface area (Å²) in [6, 6.07) is 10.2. The molecule has 0 aliphatic rings. The van der Waals surface area contributed by atoms with Crippen LogP contribution in [-0.2, 0) is 11.3 Å². The van der Waals surface area contributed by atoms with Gasteiger partial charge < -0.3 is 4.74 Å². The Bertz CT molecular complexity index is 253. The quantitative estimate of drug-likeness (QED) is 0.624. The first-order chi connectivity index (χ1) is 6.83. The van der Waals surface area contributed by atoms with E-state index in [9.17, 15) is 0 Å². The van der Waals surface area contributed by atoms with Crippen LogP contribution in [-0.4, -0.2) is 6.61 Å². The molecule has 1 heteroatoms. The average molecular weight is 190 g/mol. The zero-order chi connectivity index (χ0) is 10.2. The predicted molar refractivity (Wildman–Crippen MR) is 60.1 cm³/mol. The van der Waals surface area contributed by atoms with E-state index < -0.39 is 0 Å². The molecule has 0 unspecified atom stereocenters. The Balaban J connectivity index is 2.18. The van der Waals surface area contributed by atoms with E-state index in [0.29, 0.717) is 12.5 Å². The van der Waals surface area contributed by atoms with Crippen LogP contribution in [0.15, 0.2) is 43.0 Å². The van der Waals surface area contributed by atoms with E-state index in [1.807, 2.05) is 24.3 Å². The molecule has 0 radical (unpaired) electrons. The second kappa shape index (κ2) is 6.39. The highest BCUT2D eigenvalue weighted by atomic mass is 16.5. The van der Waals surface area contributed by atoms with Crippen molar-refractivity contribution >= 4 is 0 Å². The van der Waals surface area contributed by atoms with Crippen LogP contribution in [0.3, 0.4) is 0 Å². The highest BCUT2D eigenvalue weighted by Crippen LogP contribution is 2.06. The maximum absolute atomic E-state index is 5.59. The fourth-order valence-electron chi connectivity index (χ4n) is 1.30. The lowest BCUT2D eigenvalue weighted by molar-refractivity contribution is 0.0929. The summed E-state index contributed by atoms with van der Waals surface area (Å²) in [6.07, 6.45) is 2.96. The second-order valence-electron chi connectivity index (χ2n) is 3.63. The lowest BCUT2D eigenvalue weighted by Crippen LogP contribution is -2.04. The summed E-state index contributed by atoms with van der Waals surface area (Å²) in [6.45, 7) is 7.40. The normalized spacial score (nSPS) is 12.4. The van der Waals surface area contributed by atoms with E-state index >= 15 is 0 Å². The highest BCUT2D eigenvalue weighted by molar-refractivity contribution is 5.13. The maximum Gasteiger partial charge on any atom is 0.0717 e. The first-order valence-electron chi connectivity index (χ1n) is 5.05. The van der Waals surface area contributed by atoms with Gasteiger partial charge in [0, 0.05) is 6.61 Å². The average Bonchev–Trinajstić information content (AvgIpc) is 2.20. The van der Waals surface area contributed by atoms with Gasteiger partial charge in [-0.1, -0.05) is 43.3 Å². The number of hydrogen-bond donors (Lipinski definition) is 0. The minimum absolute atomic E-state index is 0.566. The Hall–Kier alpha value is -1.08. The van der Waals surface area contributed by atoms with E-state index in [0.717, 1.165) is 13.0 Å². The molecule has 0 bridgehead atoms. The molecule has 1 aromatic carbocycles. The van der Waals surface area contributed by atoms with Crippen molar-refractivity contribution in [2.45, 2.75) is 20.0 Å². The van der Waals surface area contributed by atoms with Gasteiger partial charge in [-0.05, 0) is 17.9 Å². The van der Waals surface area contributed by atoms with E-state index in [1.165, 1.54) is 5.56 Å². The third-order valence-corrected chi connectivity index (χ3v) is 2.08. The molecule has 1 nitrogen and oxygen atoms in total. The zero-order valence-electron chi connectivity index (χ0n) is 8.78. The summed E-state index contributed by atoms with van der Waals surface area (Å²) in [7, 11) is 0. The number of rotatable bonds is 6. The van der Waals surface area contributed by atoms with Gasteiger partial charge in [0.15, 0.2) is 0 Å². The Kier molecular flexibility index (Phi) is 5.02. The van der Waals surface area contributed by atoms with Crippen molar-refractivity contribution in [2.75, 3.05) is 6.61 Å². The van der Waals surface area contributed by atoms with Crippen molar-refractivity contribution in [3.8, 4) is 0 Å². The third-order valence-electron chi connectivity index (χ3n) is 2.08. The molecule has 0 saturated carbocycles. The van der Waals surface area contributed by atoms with Crippen molar-refractivity contribution < 1.29 is 4.74 Å². The number of allylic oxidation sites excluding steroid dienone is 1. The Labute approximate surface area is 86.4 Å². The molecule has 0 amide bonds. The lowest BCUT2D eigenvalue weighted by atomic mass is 10.1. The van der Waals surface area contributed by atoms with Gasteiger partial charge in [0.1, 0.15) is 0 Å². The van der Waals surface area contributed by atoms with Gasteiger partial charge in [-0.3, -0.25) is 0 Å². The van der Waals surface area contributed by atoms with Crippen LogP contribution in [0.4, 0.5) is 0 Å². The van der Waals surface area contributed by atoms with Gasteiger partial charge in [-0.15, -0.1) is 6.58 Å². The van der Waals surface area contributed by atoms with E-state index in [4.69, 9.17) is 4.74 Å². The third kappa shape index (κ3) is 4.24. The van der Waals surface area contributed by atoms with Crippen LogP contribution in [0.1, 0.15) is 18.9 Å². The largest absolute Gasteiger partial charge is 0.376 e. The van der Waals surface area contributed by atoms with E-state index in [1.54, 1.807) is 0 Å². The molecular formula is C13H18O. The van der Waals surface area contributed by atoms with Crippen LogP contribution in [0, 0.1) is 5.92 Å². The minimum atomic E-state index is 0.566. The molecule has 14 heavy (non-hydrogen) atoms. The SMILES string of the molecule is C=CC[C@@H](C)COCc1ccccc1. The fraction of sp³-hybridized carbons (Fsp3) is 0.385. The molecule has 76 valence electrons. The predicted octanol–water partition coefficient (Wildman–Crippen LogP) is 3.42. The Morgan fingerprint density at radius 2 is 2.07 bits per heavy atom. The maximum atomic E-state index is 5.59. The standard InChI is InChI=1S/C13H18O/c1-3-7-12(2)10-14-11-13-8-5-4-6-9-13/h3-6,8-9,12H,1,7,10-11H2,2H3/t12-/m1/s1. The molecule has 1 atom stereocenters. The molecule has 0 fully saturated rings. The first-order valence-corrected chi connectivity index (χ1v) is 5.05. The van der Waals surface area contributed by atoms with Gasteiger partial charge in [-0.2, -0.15) is 0 Å². The van der Waals surface area contributed by atoms with Gasteiger partial charge in [0.2, 0.25) is 0 Å². The molecule has 0 aliphatic heterocycles. The van der Waals surface area contributed by atoms with Crippen molar-refractivity contribution in [1.82, 2.24) is 0 Å². The van der Waals surface area contributed by atoms with Gasteiger partial charge in [-0.25, -0.2) is 0 Å². The molecule has 0 saturated heterocycles.